The topological polar surface area (TPSA) is 85.3 Å². The maximum Gasteiger partial charge on any atom is 0.408 e. The molecule has 0 aromatic heterocycles. The minimum atomic E-state index is -3.31. The second-order valence-electron chi connectivity index (χ2n) is 6.84. The van der Waals surface area contributed by atoms with E-state index >= 15 is 0 Å². The molecule has 0 saturated carbocycles. The summed E-state index contributed by atoms with van der Waals surface area (Å²) >= 11 is 2.64. The summed E-state index contributed by atoms with van der Waals surface area (Å²) in [7, 11) is 0. The fourth-order valence-electron chi connectivity index (χ4n) is 1.91. The molecular weight excluding hydrogens is 419 g/mol. The van der Waals surface area contributed by atoms with Crippen molar-refractivity contribution in [1.29, 1.82) is 0 Å². The summed E-state index contributed by atoms with van der Waals surface area (Å²) in [5.41, 5.74) is -0.168. The molecule has 1 saturated heterocycles. The molecule has 1 atom stereocenters. The van der Waals surface area contributed by atoms with Crippen molar-refractivity contribution in [1.82, 2.24) is 4.90 Å². The van der Waals surface area contributed by atoms with Gasteiger partial charge in [-0.2, -0.15) is 11.8 Å². The van der Waals surface area contributed by atoms with E-state index in [1.165, 1.54) is 0 Å². The van der Waals surface area contributed by atoms with Crippen LogP contribution < -0.4 is 0 Å². The molecule has 1 aliphatic rings. The SMILES string of the molecule is CC.CC(C)(C=O)CCN1CCOCC1.CSCCSP(=O)(N=O)OC(C)C. The summed E-state index contributed by atoms with van der Waals surface area (Å²) in [5, 5.41) is 0. The van der Waals surface area contributed by atoms with Crippen molar-refractivity contribution in [3.05, 3.63) is 4.91 Å². The molecule has 0 spiro atoms. The summed E-state index contributed by atoms with van der Waals surface area (Å²) in [6.07, 6.45) is 3.71. The predicted molar refractivity (Wildman–Crippen MR) is 124 cm³/mol. The van der Waals surface area contributed by atoms with E-state index in [1.807, 2.05) is 34.0 Å². The molecular formula is C18H39N2O5PS2. The van der Waals surface area contributed by atoms with Crippen LogP contribution in [0.25, 0.3) is 0 Å². The Balaban J connectivity index is 0. The maximum atomic E-state index is 11.5. The van der Waals surface area contributed by atoms with Gasteiger partial charge in [0, 0.05) is 35.0 Å². The molecule has 0 bridgehead atoms. The molecule has 1 heterocycles. The molecule has 0 radical (unpaired) electrons. The quantitative estimate of drug-likeness (QED) is 0.177. The smallest absolute Gasteiger partial charge is 0.379 e. The Labute approximate surface area is 179 Å². The number of morpholine rings is 1. The molecule has 7 nitrogen and oxygen atoms in total. The first-order valence-electron chi connectivity index (χ1n) is 9.71. The van der Waals surface area contributed by atoms with Crippen LogP contribution in [0, 0.1) is 10.3 Å². The van der Waals surface area contributed by atoms with Crippen molar-refractivity contribution in [2.24, 2.45) is 10.4 Å². The highest BCUT2D eigenvalue weighted by atomic mass is 32.7. The van der Waals surface area contributed by atoms with Crippen LogP contribution in [-0.2, 0) is 18.6 Å². The summed E-state index contributed by atoms with van der Waals surface area (Å²) in [6, 6.07) is 0. The molecule has 168 valence electrons. The van der Waals surface area contributed by atoms with E-state index in [4.69, 9.17) is 9.26 Å². The standard InChI is InChI=1S/C10H19NO2.C6H14NO3PS2.C2H6/c1-10(2,9-12)3-4-11-5-7-13-8-6-11;1-6(2)10-11(9,7-8)13-5-4-12-3;1-2/h9H,3-8H2,1-2H3;6H,4-5H2,1-3H3;1-2H3. The van der Waals surface area contributed by atoms with Crippen LogP contribution in [0.4, 0.5) is 0 Å². The Morgan fingerprint density at radius 3 is 2.25 bits per heavy atom. The van der Waals surface area contributed by atoms with Gasteiger partial charge in [-0.3, -0.25) is 14.0 Å². The maximum absolute atomic E-state index is 11.5. The van der Waals surface area contributed by atoms with Crippen molar-refractivity contribution in [2.45, 2.75) is 54.1 Å². The summed E-state index contributed by atoms with van der Waals surface area (Å²) < 4.78 is 21.7. The van der Waals surface area contributed by atoms with Crippen molar-refractivity contribution in [2.75, 3.05) is 50.6 Å². The number of thioether (sulfide) groups is 1. The number of rotatable bonds is 11. The van der Waals surface area contributed by atoms with E-state index in [0.717, 1.165) is 62.7 Å². The van der Waals surface area contributed by atoms with Crippen molar-refractivity contribution < 1.29 is 18.6 Å². The summed E-state index contributed by atoms with van der Waals surface area (Å²) in [6.45, 7) is 12.8. The number of aldehydes is 1. The van der Waals surface area contributed by atoms with E-state index in [1.54, 1.807) is 25.6 Å². The number of nitrogens with zero attached hydrogens (tertiary/aromatic N) is 2. The molecule has 1 rings (SSSR count). The number of nitroso groups, excluding NO2 is 1. The van der Waals surface area contributed by atoms with Gasteiger partial charge < -0.3 is 9.53 Å². The van der Waals surface area contributed by atoms with Crippen molar-refractivity contribution in [3.63, 3.8) is 0 Å². The molecule has 1 fully saturated rings. The number of hydrogen-bond acceptors (Lipinski definition) is 8. The molecule has 0 aromatic rings. The lowest BCUT2D eigenvalue weighted by Crippen LogP contribution is -2.38. The first-order chi connectivity index (χ1) is 13.2. The molecule has 0 N–H and O–H groups in total. The second kappa shape index (κ2) is 17.9. The van der Waals surface area contributed by atoms with Crippen LogP contribution >= 0.6 is 29.9 Å². The van der Waals surface area contributed by atoms with E-state index in [9.17, 15) is 14.3 Å². The van der Waals surface area contributed by atoms with Gasteiger partial charge in [-0.05, 0) is 44.5 Å². The number of carbonyl (C=O) groups excluding carboxylic acids is 1. The highest BCUT2D eigenvalue weighted by molar-refractivity contribution is 8.56. The van der Waals surface area contributed by atoms with Crippen LogP contribution in [0.5, 0.6) is 0 Å². The minimum absolute atomic E-state index is 0.168. The lowest BCUT2D eigenvalue weighted by molar-refractivity contribution is -0.115. The third kappa shape index (κ3) is 17.0. The normalized spacial score (nSPS) is 16.9. The van der Waals surface area contributed by atoms with E-state index in [2.05, 4.69) is 9.85 Å². The van der Waals surface area contributed by atoms with Gasteiger partial charge in [-0.15, -0.1) is 4.91 Å². The van der Waals surface area contributed by atoms with E-state index < -0.39 is 6.72 Å². The third-order valence-corrected chi connectivity index (χ3v) is 7.94. The molecule has 1 unspecified atom stereocenters. The Kier molecular flexibility index (Phi) is 19.4. The fraction of sp³-hybridized carbons (Fsp3) is 0.944. The van der Waals surface area contributed by atoms with Gasteiger partial charge in [-0.1, -0.05) is 27.7 Å². The second-order valence-corrected chi connectivity index (χ2v) is 12.0. The van der Waals surface area contributed by atoms with Gasteiger partial charge in [0.05, 0.1) is 19.3 Å². The number of hydrogen-bond donors (Lipinski definition) is 0. The first-order valence-corrected chi connectivity index (χ1v) is 14.3. The number of carbonyl (C=O) groups is 1. The van der Waals surface area contributed by atoms with Crippen LogP contribution in [-0.4, -0.2) is 67.9 Å². The molecule has 10 heteroatoms. The summed E-state index contributed by atoms with van der Waals surface area (Å²) in [5.74, 6) is 1.46. The van der Waals surface area contributed by atoms with Gasteiger partial charge in [0.25, 0.3) is 0 Å². The average molecular weight is 459 g/mol. The van der Waals surface area contributed by atoms with Gasteiger partial charge >= 0.3 is 6.72 Å². The minimum Gasteiger partial charge on any atom is -0.379 e. The van der Waals surface area contributed by atoms with Gasteiger partial charge in [0.1, 0.15) is 6.29 Å². The van der Waals surface area contributed by atoms with Gasteiger partial charge in [-0.25, -0.2) is 0 Å². The highest BCUT2D eigenvalue weighted by Crippen LogP contribution is 2.61. The molecule has 1 aliphatic heterocycles. The zero-order chi connectivity index (χ0) is 22.1. The van der Waals surface area contributed by atoms with Crippen LogP contribution in [0.2, 0.25) is 0 Å². The zero-order valence-electron chi connectivity index (χ0n) is 18.5. The van der Waals surface area contributed by atoms with Crippen LogP contribution in [0.15, 0.2) is 4.95 Å². The lowest BCUT2D eigenvalue weighted by atomic mass is 9.91. The Morgan fingerprint density at radius 1 is 1.25 bits per heavy atom. The Bertz CT molecular complexity index is 448. The molecule has 0 aliphatic carbocycles. The van der Waals surface area contributed by atoms with Crippen molar-refractivity contribution in [3.8, 4) is 0 Å². The fourth-order valence-corrected chi connectivity index (χ4v) is 5.98. The molecule has 28 heavy (non-hydrogen) atoms. The average Bonchev–Trinajstić information content (AvgIpc) is 2.69. The van der Waals surface area contributed by atoms with Gasteiger partial charge in [0.15, 0.2) is 0 Å². The van der Waals surface area contributed by atoms with Gasteiger partial charge in [0.2, 0.25) is 0 Å². The molecule has 0 aromatic carbocycles. The molecule has 0 amide bonds. The first kappa shape index (κ1) is 30.3. The highest BCUT2D eigenvalue weighted by Gasteiger charge is 2.26. The largest absolute Gasteiger partial charge is 0.408 e. The Morgan fingerprint density at radius 2 is 1.82 bits per heavy atom. The van der Waals surface area contributed by atoms with Crippen LogP contribution in [0.1, 0.15) is 48.0 Å². The third-order valence-electron chi connectivity index (χ3n) is 3.48. The lowest BCUT2D eigenvalue weighted by Gasteiger charge is -2.29. The zero-order valence-corrected chi connectivity index (χ0v) is 21.0. The van der Waals surface area contributed by atoms with Crippen LogP contribution in [0.3, 0.4) is 0 Å². The number of ether oxygens (including phenoxy) is 1. The monoisotopic (exact) mass is 458 g/mol. The Hall–Kier alpha value is 0.0800. The van der Waals surface area contributed by atoms with E-state index in [-0.39, 0.29) is 11.5 Å². The van der Waals surface area contributed by atoms with E-state index in [0.29, 0.717) is 5.75 Å². The predicted octanol–water partition coefficient (Wildman–Crippen LogP) is 5.34. The van der Waals surface area contributed by atoms with Crippen molar-refractivity contribution >= 4 is 36.2 Å². The summed E-state index contributed by atoms with van der Waals surface area (Å²) in [4.78, 5) is 25.9.